The molecule has 0 aliphatic carbocycles. The van der Waals surface area contributed by atoms with Gasteiger partial charge in [-0.25, -0.2) is 4.79 Å². The summed E-state index contributed by atoms with van der Waals surface area (Å²) in [5.74, 6) is -0.978. The third kappa shape index (κ3) is 4.33. The van der Waals surface area contributed by atoms with E-state index < -0.39 is 11.9 Å². The normalized spacial score (nSPS) is 10.2. The molecule has 1 amide bonds. The Morgan fingerprint density at radius 3 is 2.71 bits per heavy atom. The van der Waals surface area contributed by atoms with E-state index in [0.29, 0.717) is 22.7 Å². The molecular formula is C13H12BrN3O3S. The average Bonchev–Trinajstić information content (AvgIpc) is 2.96. The average molecular weight is 370 g/mol. The van der Waals surface area contributed by atoms with Crippen LogP contribution in [-0.4, -0.2) is 28.1 Å². The monoisotopic (exact) mass is 369 g/mol. The molecule has 1 N–H and O–H groups in total. The first-order chi connectivity index (χ1) is 10.1. The molecule has 0 unspecified atom stereocenters. The molecule has 0 aliphatic rings. The highest BCUT2D eigenvalue weighted by molar-refractivity contribution is 9.10. The SMILES string of the molecule is CCc1nnsc1C(=O)OCC(=O)Nc1ccc(Br)cc1. The summed E-state index contributed by atoms with van der Waals surface area (Å²) in [5, 5.41) is 6.46. The molecule has 0 saturated carbocycles. The molecule has 8 heteroatoms. The van der Waals surface area contributed by atoms with E-state index in [1.54, 1.807) is 24.3 Å². The van der Waals surface area contributed by atoms with Crippen molar-refractivity contribution in [2.24, 2.45) is 0 Å². The summed E-state index contributed by atoms with van der Waals surface area (Å²) < 4.78 is 9.57. The third-order valence-electron chi connectivity index (χ3n) is 2.54. The number of nitrogens with zero attached hydrogens (tertiary/aromatic N) is 2. The largest absolute Gasteiger partial charge is 0.451 e. The van der Waals surface area contributed by atoms with Crippen molar-refractivity contribution in [3.05, 3.63) is 39.3 Å². The van der Waals surface area contributed by atoms with Crippen molar-refractivity contribution in [3.63, 3.8) is 0 Å². The number of carbonyl (C=O) groups is 2. The standard InChI is InChI=1S/C13H12BrN3O3S/c1-2-10-12(21-17-16-10)13(19)20-7-11(18)15-9-5-3-8(14)4-6-9/h3-6H,2,7H2,1H3,(H,15,18). The number of ether oxygens (including phenoxy) is 1. The van der Waals surface area contributed by atoms with Crippen molar-refractivity contribution in [1.29, 1.82) is 0 Å². The molecule has 1 heterocycles. The highest BCUT2D eigenvalue weighted by atomic mass is 79.9. The van der Waals surface area contributed by atoms with Crippen LogP contribution >= 0.6 is 27.5 Å². The highest BCUT2D eigenvalue weighted by Crippen LogP contribution is 2.15. The number of hydrogen-bond donors (Lipinski definition) is 1. The molecule has 0 aliphatic heterocycles. The number of amides is 1. The molecule has 0 spiro atoms. The Labute approximate surface area is 133 Å². The first-order valence-electron chi connectivity index (χ1n) is 6.14. The fourth-order valence-corrected chi connectivity index (χ4v) is 2.43. The van der Waals surface area contributed by atoms with Crippen LogP contribution in [0.2, 0.25) is 0 Å². The number of nitrogens with one attached hydrogen (secondary N) is 1. The molecule has 0 radical (unpaired) electrons. The minimum Gasteiger partial charge on any atom is -0.451 e. The Kier molecular flexibility index (Phi) is 5.40. The second-order valence-corrected chi connectivity index (χ2v) is 5.70. The Morgan fingerprint density at radius 1 is 1.33 bits per heavy atom. The van der Waals surface area contributed by atoms with Crippen LogP contribution in [0.3, 0.4) is 0 Å². The van der Waals surface area contributed by atoms with E-state index in [2.05, 4.69) is 30.8 Å². The summed E-state index contributed by atoms with van der Waals surface area (Å²) in [4.78, 5) is 23.8. The van der Waals surface area contributed by atoms with Crippen LogP contribution in [-0.2, 0) is 16.0 Å². The molecule has 0 bridgehead atoms. The van der Waals surface area contributed by atoms with Gasteiger partial charge in [0.2, 0.25) is 0 Å². The lowest BCUT2D eigenvalue weighted by Gasteiger charge is -2.06. The van der Waals surface area contributed by atoms with Crippen molar-refractivity contribution < 1.29 is 14.3 Å². The predicted octanol–water partition coefficient (Wildman–Crippen LogP) is 2.66. The second-order valence-electron chi connectivity index (χ2n) is 4.03. The quantitative estimate of drug-likeness (QED) is 0.819. The van der Waals surface area contributed by atoms with E-state index in [1.165, 1.54) is 0 Å². The number of hydrogen-bond acceptors (Lipinski definition) is 6. The number of halogens is 1. The number of rotatable bonds is 5. The number of esters is 1. The summed E-state index contributed by atoms with van der Waals surface area (Å²) in [6.45, 7) is 1.52. The van der Waals surface area contributed by atoms with Gasteiger partial charge in [-0.1, -0.05) is 27.3 Å². The molecular weight excluding hydrogens is 358 g/mol. The molecule has 0 saturated heterocycles. The minimum atomic E-state index is -0.576. The van der Waals surface area contributed by atoms with Gasteiger partial charge in [0.15, 0.2) is 11.5 Å². The van der Waals surface area contributed by atoms with E-state index in [4.69, 9.17) is 4.74 Å². The lowest BCUT2D eigenvalue weighted by atomic mass is 10.3. The fraction of sp³-hybridized carbons (Fsp3) is 0.231. The highest BCUT2D eigenvalue weighted by Gasteiger charge is 2.17. The number of anilines is 1. The summed E-state index contributed by atoms with van der Waals surface area (Å²) in [6.07, 6.45) is 0.589. The van der Waals surface area contributed by atoms with Crippen LogP contribution < -0.4 is 5.32 Å². The topological polar surface area (TPSA) is 81.2 Å². The van der Waals surface area contributed by atoms with Gasteiger partial charge in [0.05, 0.1) is 5.69 Å². The van der Waals surface area contributed by atoms with Gasteiger partial charge in [-0.3, -0.25) is 4.79 Å². The summed E-state index contributed by atoms with van der Waals surface area (Å²) in [5.41, 5.74) is 1.21. The first-order valence-corrected chi connectivity index (χ1v) is 7.70. The zero-order chi connectivity index (χ0) is 15.2. The molecule has 21 heavy (non-hydrogen) atoms. The molecule has 110 valence electrons. The van der Waals surface area contributed by atoms with Crippen LogP contribution in [0, 0.1) is 0 Å². The lowest BCUT2D eigenvalue weighted by Crippen LogP contribution is -2.21. The molecule has 6 nitrogen and oxygen atoms in total. The zero-order valence-corrected chi connectivity index (χ0v) is 13.5. The van der Waals surface area contributed by atoms with E-state index in [1.807, 2.05) is 6.92 Å². The van der Waals surface area contributed by atoms with Crippen LogP contribution in [0.1, 0.15) is 22.3 Å². The number of benzene rings is 1. The fourth-order valence-electron chi connectivity index (χ4n) is 1.52. The van der Waals surface area contributed by atoms with E-state index in [9.17, 15) is 9.59 Å². The maximum atomic E-state index is 11.8. The van der Waals surface area contributed by atoms with Gasteiger partial charge in [0.1, 0.15) is 0 Å². The smallest absolute Gasteiger partial charge is 0.352 e. The van der Waals surface area contributed by atoms with Gasteiger partial charge in [-0.2, -0.15) is 0 Å². The van der Waals surface area contributed by atoms with Crippen molar-refractivity contribution >= 4 is 45.0 Å². The maximum Gasteiger partial charge on any atom is 0.352 e. The minimum absolute atomic E-state index is 0.342. The van der Waals surface area contributed by atoms with Crippen LogP contribution in [0.25, 0.3) is 0 Å². The summed E-state index contributed by atoms with van der Waals surface area (Å²) in [6, 6.07) is 7.09. The third-order valence-corrected chi connectivity index (χ3v) is 3.82. The first kappa shape index (κ1) is 15.6. The molecule has 2 aromatic rings. The van der Waals surface area contributed by atoms with E-state index in [-0.39, 0.29) is 6.61 Å². The van der Waals surface area contributed by atoms with E-state index in [0.717, 1.165) is 16.0 Å². The summed E-state index contributed by atoms with van der Waals surface area (Å²) >= 11 is 4.27. The van der Waals surface area contributed by atoms with E-state index >= 15 is 0 Å². The van der Waals surface area contributed by atoms with Crippen LogP contribution in [0.4, 0.5) is 5.69 Å². The molecule has 0 atom stereocenters. The Morgan fingerprint density at radius 2 is 2.05 bits per heavy atom. The van der Waals surface area contributed by atoms with Gasteiger partial charge < -0.3 is 10.1 Å². The number of carbonyl (C=O) groups excluding carboxylic acids is 2. The zero-order valence-electron chi connectivity index (χ0n) is 11.1. The van der Waals surface area contributed by atoms with Gasteiger partial charge in [0.25, 0.3) is 5.91 Å². The lowest BCUT2D eigenvalue weighted by molar-refractivity contribution is -0.119. The van der Waals surface area contributed by atoms with Gasteiger partial charge in [-0.15, -0.1) is 5.10 Å². The molecule has 1 aromatic carbocycles. The van der Waals surface area contributed by atoms with Gasteiger partial charge in [0, 0.05) is 10.2 Å². The van der Waals surface area contributed by atoms with Crippen molar-refractivity contribution in [1.82, 2.24) is 9.59 Å². The predicted molar refractivity (Wildman–Crippen MR) is 82.3 cm³/mol. The second kappa shape index (κ2) is 7.28. The Hall–Kier alpha value is -1.80. The van der Waals surface area contributed by atoms with Gasteiger partial charge in [-0.05, 0) is 42.2 Å². The van der Waals surface area contributed by atoms with Crippen molar-refractivity contribution in [2.45, 2.75) is 13.3 Å². The van der Waals surface area contributed by atoms with Gasteiger partial charge >= 0.3 is 5.97 Å². The van der Waals surface area contributed by atoms with Crippen molar-refractivity contribution in [3.8, 4) is 0 Å². The molecule has 0 fully saturated rings. The van der Waals surface area contributed by atoms with Crippen molar-refractivity contribution in [2.75, 3.05) is 11.9 Å². The number of aromatic nitrogens is 2. The number of aryl methyl sites for hydroxylation is 1. The van der Waals surface area contributed by atoms with Crippen LogP contribution in [0.5, 0.6) is 0 Å². The molecule has 2 rings (SSSR count). The summed E-state index contributed by atoms with van der Waals surface area (Å²) in [7, 11) is 0. The van der Waals surface area contributed by atoms with Crippen LogP contribution in [0.15, 0.2) is 28.7 Å². The Balaban J connectivity index is 1.86. The molecule has 1 aromatic heterocycles. The maximum absolute atomic E-state index is 11.8. The Bertz CT molecular complexity index is 642.